The normalized spacial score (nSPS) is 11.6. The molecule has 138 valence electrons. The lowest BCUT2D eigenvalue weighted by atomic mass is 10.2. The van der Waals surface area contributed by atoms with E-state index in [4.69, 9.17) is 26.8 Å². The van der Waals surface area contributed by atoms with Gasteiger partial charge in [0.15, 0.2) is 6.10 Å². The van der Waals surface area contributed by atoms with Gasteiger partial charge in [-0.25, -0.2) is 4.79 Å². The summed E-state index contributed by atoms with van der Waals surface area (Å²) in [5.74, 6) is -0.478. The molecule has 0 radical (unpaired) electrons. The number of nitrogens with one attached hydrogen (secondary N) is 1. The lowest BCUT2D eigenvalue weighted by Crippen LogP contribution is -2.35. The standard InChI is InChI=1S/C19H21ClN2O4/c1-13-11-15(7-8-16(13)20)22-18(23)17(26-19(21)24)9-10-25-12-14-5-3-2-4-6-14/h2-8,11,17H,9-10,12H2,1H3,(H2,21,24)(H,22,23)/t17-/m0/s1. The van der Waals surface area contributed by atoms with Crippen LogP contribution in [0.2, 0.25) is 5.02 Å². The summed E-state index contributed by atoms with van der Waals surface area (Å²) in [6.07, 6.45) is -1.87. The van der Waals surface area contributed by atoms with Crippen LogP contribution in [0.25, 0.3) is 0 Å². The molecule has 0 unspecified atom stereocenters. The van der Waals surface area contributed by atoms with Gasteiger partial charge in [-0.15, -0.1) is 0 Å². The summed E-state index contributed by atoms with van der Waals surface area (Å²) in [6, 6.07) is 14.7. The van der Waals surface area contributed by atoms with Crippen molar-refractivity contribution in [3.8, 4) is 0 Å². The Balaban J connectivity index is 1.89. The van der Waals surface area contributed by atoms with Crippen molar-refractivity contribution in [2.24, 2.45) is 5.73 Å². The molecule has 3 N–H and O–H groups in total. The molecule has 2 rings (SSSR count). The quantitative estimate of drug-likeness (QED) is 0.688. The second-order valence-electron chi connectivity index (χ2n) is 5.71. The molecule has 1 atom stereocenters. The highest BCUT2D eigenvalue weighted by Gasteiger charge is 2.22. The minimum Gasteiger partial charge on any atom is -0.436 e. The van der Waals surface area contributed by atoms with Gasteiger partial charge in [0.05, 0.1) is 13.2 Å². The first-order valence-electron chi connectivity index (χ1n) is 8.10. The van der Waals surface area contributed by atoms with Crippen molar-refractivity contribution in [1.82, 2.24) is 0 Å². The molecule has 2 amide bonds. The highest BCUT2D eigenvalue weighted by Crippen LogP contribution is 2.20. The van der Waals surface area contributed by atoms with Crippen molar-refractivity contribution in [2.45, 2.75) is 26.1 Å². The monoisotopic (exact) mass is 376 g/mol. The molecule has 2 aromatic carbocycles. The zero-order valence-electron chi connectivity index (χ0n) is 14.4. The molecule has 0 spiro atoms. The van der Waals surface area contributed by atoms with Crippen LogP contribution in [0.15, 0.2) is 48.5 Å². The zero-order valence-corrected chi connectivity index (χ0v) is 15.2. The summed E-state index contributed by atoms with van der Waals surface area (Å²) >= 11 is 5.97. The number of hydrogen-bond donors (Lipinski definition) is 2. The summed E-state index contributed by atoms with van der Waals surface area (Å²) < 4.78 is 10.4. The Kier molecular flexibility index (Phi) is 7.44. The average Bonchev–Trinajstić information content (AvgIpc) is 2.61. The highest BCUT2D eigenvalue weighted by atomic mass is 35.5. The molecule has 0 saturated carbocycles. The lowest BCUT2D eigenvalue weighted by Gasteiger charge is -2.17. The van der Waals surface area contributed by atoms with Gasteiger partial charge in [0.2, 0.25) is 0 Å². The minimum atomic E-state index is -1.04. The Hall–Kier alpha value is -2.57. The van der Waals surface area contributed by atoms with Crippen LogP contribution in [0, 0.1) is 6.92 Å². The number of ether oxygens (including phenoxy) is 2. The Morgan fingerprint density at radius 1 is 1.19 bits per heavy atom. The van der Waals surface area contributed by atoms with E-state index in [9.17, 15) is 9.59 Å². The Morgan fingerprint density at radius 3 is 2.58 bits per heavy atom. The summed E-state index contributed by atoms with van der Waals surface area (Å²) in [4.78, 5) is 23.5. The number of carbonyl (C=O) groups excluding carboxylic acids is 2. The number of benzene rings is 2. The van der Waals surface area contributed by atoms with Crippen LogP contribution in [0.4, 0.5) is 10.5 Å². The van der Waals surface area contributed by atoms with Gasteiger partial charge in [-0.1, -0.05) is 41.9 Å². The van der Waals surface area contributed by atoms with E-state index >= 15 is 0 Å². The molecular formula is C19H21ClN2O4. The smallest absolute Gasteiger partial charge is 0.405 e. The largest absolute Gasteiger partial charge is 0.436 e. The van der Waals surface area contributed by atoms with Crippen molar-refractivity contribution in [3.63, 3.8) is 0 Å². The van der Waals surface area contributed by atoms with E-state index in [1.165, 1.54) is 0 Å². The van der Waals surface area contributed by atoms with Gasteiger partial charge in [0.25, 0.3) is 5.91 Å². The number of carbonyl (C=O) groups is 2. The van der Waals surface area contributed by atoms with Crippen molar-refractivity contribution in [1.29, 1.82) is 0 Å². The maximum absolute atomic E-state index is 12.4. The fraction of sp³-hybridized carbons (Fsp3) is 0.263. The number of rotatable bonds is 8. The number of hydrogen-bond acceptors (Lipinski definition) is 4. The molecule has 0 aliphatic carbocycles. The summed E-state index contributed by atoms with van der Waals surface area (Å²) in [5, 5.41) is 3.29. The van der Waals surface area contributed by atoms with Crippen molar-refractivity contribution in [2.75, 3.05) is 11.9 Å². The van der Waals surface area contributed by atoms with E-state index in [-0.39, 0.29) is 13.0 Å². The zero-order chi connectivity index (χ0) is 18.9. The predicted molar refractivity (Wildman–Crippen MR) is 100.0 cm³/mol. The van der Waals surface area contributed by atoms with Crippen LogP contribution in [-0.2, 0) is 20.9 Å². The molecular weight excluding hydrogens is 356 g/mol. The fourth-order valence-electron chi connectivity index (χ4n) is 2.28. The summed E-state index contributed by atoms with van der Waals surface area (Å²) in [5.41, 5.74) is 7.46. The van der Waals surface area contributed by atoms with Gasteiger partial charge in [0, 0.05) is 17.1 Å². The summed E-state index contributed by atoms with van der Waals surface area (Å²) in [7, 11) is 0. The molecule has 7 heteroatoms. The van der Waals surface area contributed by atoms with Crippen LogP contribution in [0.5, 0.6) is 0 Å². The molecule has 0 aromatic heterocycles. The van der Waals surface area contributed by atoms with E-state index in [1.807, 2.05) is 37.3 Å². The second-order valence-corrected chi connectivity index (χ2v) is 6.11. The first-order chi connectivity index (χ1) is 12.5. The Labute approximate surface area is 157 Å². The highest BCUT2D eigenvalue weighted by molar-refractivity contribution is 6.31. The topological polar surface area (TPSA) is 90.7 Å². The number of primary amides is 1. The number of aryl methyl sites for hydroxylation is 1. The van der Waals surface area contributed by atoms with E-state index < -0.39 is 18.1 Å². The maximum atomic E-state index is 12.4. The SMILES string of the molecule is Cc1cc(NC(=O)[C@H](CCOCc2ccccc2)OC(N)=O)ccc1Cl. The average molecular weight is 377 g/mol. The number of halogens is 1. The molecule has 0 aliphatic heterocycles. The Bertz CT molecular complexity index is 752. The third-order valence-corrected chi connectivity index (χ3v) is 4.04. The number of amides is 2. The minimum absolute atomic E-state index is 0.189. The number of nitrogens with two attached hydrogens (primary N) is 1. The van der Waals surface area contributed by atoms with Crippen LogP contribution in [-0.4, -0.2) is 24.7 Å². The summed E-state index contributed by atoms with van der Waals surface area (Å²) in [6.45, 7) is 2.47. The van der Waals surface area contributed by atoms with Crippen molar-refractivity contribution < 1.29 is 19.1 Å². The molecule has 6 nitrogen and oxygen atoms in total. The van der Waals surface area contributed by atoms with Gasteiger partial charge in [-0.3, -0.25) is 4.79 Å². The van der Waals surface area contributed by atoms with E-state index in [2.05, 4.69) is 5.32 Å². The van der Waals surface area contributed by atoms with Crippen LogP contribution < -0.4 is 11.1 Å². The maximum Gasteiger partial charge on any atom is 0.405 e. The second kappa shape index (κ2) is 9.79. The first kappa shape index (κ1) is 19.8. The van der Waals surface area contributed by atoms with Gasteiger partial charge >= 0.3 is 6.09 Å². The third-order valence-electron chi connectivity index (χ3n) is 3.61. The van der Waals surface area contributed by atoms with Crippen LogP contribution in [0.3, 0.4) is 0 Å². The Morgan fingerprint density at radius 2 is 1.92 bits per heavy atom. The first-order valence-corrected chi connectivity index (χ1v) is 8.48. The molecule has 0 aliphatic rings. The molecule has 0 heterocycles. The van der Waals surface area contributed by atoms with E-state index in [0.29, 0.717) is 17.3 Å². The molecule has 0 fully saturated rings. The number of anilines is 1. The van der Waals surface area contributed by atoms with Gasteiger partial charge in [0.1, 0.15) is 0 Å². The van der Waals surface area contributed by atoms with Gasteiger partial charge in [-0.2, -0.15) is 0 Å². The lowest BCUT2D eigenvalue weighted by molar-refractivity contribution is -0.125. The van der Waals surface area contributed by atoms with Crippen molar-refractivity contribution in [3.05, 3.63) is 64.7 Å². The third kappa shape index (κ3) is 6.38. The van der Waals surface area contributed by atoms with Crippen LogP contribution >= 0.6 is 11.6 Å². The van der Waals surface area contributed by atoms with E-state index in [1.54, 1.807) is 18.2 Å². The van der Waals surface area contributed by atoms with Crippen molar-refractivity contribution >= 4 is 29.3 Å². The van der Waals surface area contributed by atoms with Crippen LogP contribution in [0.1, 0.15) is 17.5 Å². The molecule has 2 aromatic rings. The predicted octanol–water partition coefficient (Wildman–Crippen LogP) is 3.66. The van der Waals surface area contributed by atoms with E-state index in [0.717, 1.165) is 11.1 Å². The molecule has 0 bridgehead atoms. The molecule has 0 saturated heterocycles. The molecule has 26 heavy (non-hydrogen) atoms. The van der Waals surface area contributed by atoms with Gasteiger partial charge in [-0.05, 0) is 36.2 Å². The fourth-order valence-corrected chi connectivity index (χ4v) is 2.40. The van der Waals surface area contributed by atoms with Gasteiger partial charge < -0.3 is 20.5 Å².